The summed E-state index contributed by atoms with van der Waals surface area (Å²) in [5.41, 5.74) is 0.332. The van der Waals surface area contributed by atoms with Gasteiger partial charge in [0.1, 0.15) is 0 Å². The minimum absolute atomic E-state index is 0.0994. The van der Waals surface area contributed by atoms with E-state index in [1.54, 1.807) is 18.3 Å². The van der Waals surface area contributed by atoms with Crippen molar-refractivity contribution >= 4 is 20.6 Å². The summed E-state index contributed by atoms with van der Waals surface area (Å²) >= 11 is 0. The maximum Gasteiger partial charge on any atom is 0.388 e. The first kappa shape index (κ1) is 22.3. The standard InChI is InChI=1S/C21H16F2N4O5S/c1-31-18-6-2-13(9-24-18)12-27-20(28)17-5-3-15(8-14(17)10-26-27)33(29,30)16-4-7-19(25-11-16)32-21(22)23/h2-11,21H,12H2,1H3. The Morgan fingerprint density at radius 2 is 1.70 bits per heavy atom. The Morgan fingerprint density at radius 1 is 0.970 bits per heavy atom. The first-order valence-corrected chi connectivity index (χ1v) is 10.9. The van der Waals surface area contributed by atoms with Crippen molar-refractivity contribution in [3.8, 4) is 11.8 Å². The Balaban J connectivity index is 1.64. The number of alkyl halides is 2. The van der Waals surface area contributed by atoms with Crippen LogP contribution in [0.4, 0.5) is 8.78 Å². The van der Waals surface area contributed by atoms with Gasteiger partial charge in [-0.15, -0.1) is 0 Å². The van der Waals surface area contributed by atoms with Crippen LogP contribution in [0.5, 0.6) is 11.8 Å². The summed E-state index contributed by atoms with van der Waals surface area (Å²) in [5, 5.41) is 4.74. The zero-order chi connectivity index (χ0) is 23.6. The van der Waals surface area contributed by atoms with Crippen LogP contribution in [0.15, 0.2) is 75.6 Å². The van der Waals surface area contributed by atoms with Crippen LogP contribution in [0.1, 0.15) is 5.56 Å². The van der Waals surface area contributed by atoms with Crippen LogP contribution in [-0.2, 0) is 16.4 Å². The molecule has 0 aliphatic carbocycles. The van der Waals surface area contributed by atoms with Crippen LogP contribution in [0.25, 0.3) is 10.8 Å². The molecule has 4 rings (SSSR count). The molecule has 3 heterocycles. The molecule has 170 valence electrons. The fraction of sp³-hybridized carbons (Fsp3) is 0.143. The smallest absolute Gasteiger partial charge is 0.388 e. The third kappa shape index (κ3) is 4.65. The Hall–Kier alpha value is -3.93. The van der Waals surface area contributed by atoms with Crippen molar-refractivity contribution in [3.05, 3.63) is 77.0 Å². The number of fused-ring (bicyclic) bond motifs is 1. The summed E-state index contributed by atoms with van der Waals surface area (Å²) in [5.74, 6) is 0.0389. The maximum absolute atomic E-state index is 12.9. The van der Waals surface area contributed by atoms with Gasteiger partial charge in [-0.1, -0.05) is 6.07 Å². The average Bonchev–Trinajstić information content (AvgIpc) is 2.81. The van der Waals surface area contributed by atoms with Gasteiger partial charge in [0.2, 0.25) is 21.6 Å². The molecule has 0 saturated carbocycles. The van der Waals surface area contributed by atoms with Crippen molar-refractivity contribution < 1.29 is 26.7 Å². The molecule has 0 radical (unpaired) electrons. The lowest BCUT2D eigenvalue weighted by Crippen LogP contribution is -2.23. The average molecular weight is 474 g/mol. The van der Waals surface area contributed by atoms with Crippen LogP contribution < -0.4 is 15.0 Å². The fourth-order valence-electron chi connectivity index (χ4n) is 3.07. The first-order valence-electron chi connectivity index (χ1n) is 9.42. The summed E-state index contributed by atoms with van der Waals surface area (Å²) < 4.78 is 60.7. The van der Waals surface area contributed by atoms with Crippen LogP contribution in [0.2, 0.25) is 0 Å². The van der Waals surface area contributed by atoms with E-state index in [0.29, 0.717) is 11.3 Å². The van der Waals surface area contributed by atoms with E-state index in [1.165, 1.54) is 36.2 Å². The highest BCUT2D eigenvalue weighted by Crippen LogP contribution is 2.24. The zero-order valence-corrected chi connectivity index (χ0v) is 17.9. The van der Waals surface area contributed by atoms with Crippen molar-refractivity contribution in [2.45, 2.75) is 22.9 Å². The lowest BCUT2D eigenvalue weighted by Gasteiger charge is -2.09. The van der Waals surface area contributed by atoms with Crippen molar-refractivity contribution in [1.29, 1.82) is 0 Å². The molecule has 0 aliphatic heterocycles. The summed E-state index contributed by atoms with van der Waals surface area (Å²) in [6.07, 6.45) is 3.89. The van der Waals surface area contributed by atoms with Crippen LogP contribution >= 0.6 is 0 Å². The molecule has 0 aliphatic rings. The molecule has 0 spiro atoms. The summed E-state index contributed by atoms with van der Waals surface area (Å²) in [7, 11) is -2.52. The molecule has 33 heavy (non-hydrogen) atoms. The Kier molecular flexibility index (Phi) is 6.01. The van der Waals surface area contributed by atoms with Gasteiger partial charge in [0.15, 0.2) is 0 Å². The molecule has 3 aromatic heterocycles. The van der Waals surface area contributed by atoms with E-state index in [9.17, 15) is 22.0 Å². The molecular weight excluding hydrogens is 458 g/mol. The molecule has 1 aromatic carbocycles. The molecule has 0 bridgehead atoms. The second-order valence-corrected chi connectivity index (χ2v) is 8.73. The van der Waals surface area contributed by atoms with Crippen LogP contribution in [0.3, 0.4) is 0 Å². The Morgan fingerprint density at radius 3 is 2.33 bits per heavy atom. The number of benzene rings is 1. The number of pyridine rings is 2. The lowest BCUT2D eigenvalue weighted by molar-refractivity contribution is -0.0529. The number of nitrogens with zero attached hydrogens (tertiary/aromatic N) is 4. The van der Waals surface area contributed by atoms with Crippen molar-refractivity contribution in [2.24, 2.45) is 0 Å². The molecule has 0 unspecified atom stereocenters. The van der Waals surface area contributed by atoms with E-state index < -0.39 is 27.9 Å². The Bertz CT molecular complexity index is 1460. The molecular formula is C21H16F2N4O5S. The van der Waals surface area contributed by atoms with Gasteiger partial charge in [0.25, 0.3) is 5.56 Å². The predicted molar refractivity (Wildman–Crippen MR) is 112 cm³/mol. The van der Waals surface area contributed by atoms with E-state index >= 15 is 0 Å². The molecule has 0 atom stereocenters. The SMILES string of the molecule is COc1ccc(Cn2ncc3cc(S(=O)(=O)c4ccc(OC(F)F)nc4)ccc3c2=O)cn1. The molecule has 0 fully saturated rings. The zero-order valence-electron chi connectivity index (χ0n) is 17.1. The van der Waals surface area contributed by atoms with Gasteiger partial charge in [0, 0.05) is 29.9 Å². The van der Waals surface area contributed by atoms with Crippen LogP contribution in [-0.4, -0.2) is 41.9 Å². The van der Waals surface area contributed by atoms with E-state index in [-0.39, 0.29) is 21.7 Å². The number of hydrogen-bond acceptors (Lipinski definition) is 8. The number of halogens is 2. The van der Waals surface area contributed by atoms with Crippen molar-refractivity contribution in [1.82, 2.24) is 19.7 Å². The van der Waals surface area contributed by atoms with Crippen molar-refractivity contribution in [2.75, 3.05) is 7.11 Å². The van der Waals surface area contributed by atoms with E-state index in [4.69, 9.17) is 4.74 Å². The molecule has 4 aromatic rings. The minimum Gasteiger partial charge on any atom is -0.481 e. The van der Waals surface area contributed by atoms with E-state index in [0.717, 1.165) is 23.9 Å². The normalized spacial score (nSPS) is 11.6. The number of rotatable bonds is 7. The molecule has 0 saturated heterocycles. The quantitative estimate of drug-likeness (QED) is 0.402. The molecule has 0 amide bonds. The number of ether oxygens (including phenoxy) is 2. The monoisotopic (exact) mass is 474 g/mol. The highest BCUT2D eigenvalue weighted by atomic mass is 32.2. The fourth-order valence-corrected chi connectivity index (χ4v) is 4.31. The molecule has 0 N–H and O–H groups in total. The third-order valence-electron chi connectivity index (χ3n) is 4.70. The number of sulfone groups is 1. The molecule has 9 nitrogen and oxygen atoms in total. The largest absolute Gasteiger partial charge is 0.481 e. The minimum atomic E-state index is -4.02. The lowest BCUT2D eigenvalue weighted by atomic mass is 10.2. The number of aromatic nitrogens is 4. The van der Waals surface area contributed by atoms with Gasteiger partial charge < -0.3 is 9.47 Å². The first-order chi connectivity index (χ1) is 15.8. The predicted octanol–water partition coefficient (Wildman–Crippen LogP) is 2.68. The maximum atomic E-state index is 12.9. The van der Waals surface area contributed by atoms with Gasteiger partial charge in [0.05, 0.1) is 35.0 Å². The van der Waals surface area contributed by atoms with E-state index in [1.807, 2.05) is 0 Å². The highest BCUT2D eigenvalue weighted by molar-refractivity contribution is 7.91. The van der Waals surface area contributed by atoms with Crippen molar-refractivity contribution in [3.63, 3.8) is 0 Å². The van der Waals surface area contributed by atoms with Gasteiger partial charge >= 0.3 is 6.61 Å². The summed E-state index contributed by atoms with van der Waals surface area (Å²) in [6, 6.07) is 9.59. The summed E-state index contributed by atoms with van der Waals surface area (Å²) in [6.45, 7) is -2.90. The van der Waals surface area contributed by atoms with Gasteiger partial charge in [-0.25, -0.2) is 23.1 Å². The van der Waals surface area contributed by atoms with E-state index in [2.05, 4.69) is 19.8 Å². The second kappa shape index (κ2) is 8.90. The number of methoxy groups -OCH3 is 1. The second-order valence-electron chi connectivity index (χ2n) is 6.78. The van der Waals surface area contributed by atoms with Gasteiger partial charge in [-0.3, -0.25) is 4.79 Å². The summed E-state index contributed by atoms with van der Waals surface area (Å²) in [4.78, 5) is 20.2. The molecule has 12 heteroatoms. The third-order valence-corrected chi connectivity index (χ3v) is 6.44. The van der Waals surface area contributed by atoms with Crippen LogP contribution in [0, 0.1) is 0 Å². The Labute approximate surface area is 186 Å². The number of hydrogen-bond donors (Lipinski definition) is 0. The topological polar surface area (TPSA) is 113 Å². The van der Waals surface area contributed by atoms with Gasteiger partial charge in [-0.2, -0.15) is 13.9 Å². The van der Waals surface area contributed by atoms with Gasteiger partial charge in [-0.05, 0) is 29.8 Å². The highest BCUT2D eigenvalue weighted by Gasteiger charge is 2.20.